The van der Waals surface area contributed by atoms with E-state index in [-0.39, 0.29) is 18.4 Å². The summed E-state index contributed by atoms with van der Waals surface area (Å²) in [5.41, 5.74) is 0.666. The minimum absolute atomic E-state index is 0.0213. The van der Waals surface area contributed by atoms with Gasteiger partial charge in [-0.1, -0.05) is 6.07 Å². The highest BCUT2D eigenvalue weighted by Crippen LogP contribution is 2.17. The lowest BCUT2D eigenvalue weighted by Crippen LogP contribution is -2.27. The second-order valence-corrected chi connectivity index (χ2v) is 4.86. The summed E-state index contributed by atoms with van der Waals surface area (Å²) in [5, 5.41) is 5.81. The second kappa shape index (κ2) is 8.97. The van der Waals surface area contributed by atoms with Gasteiger partial charge < -0.3 is 20.3 Å². The SMILES string of the molecule is CNCCCC(=O)Nc1cccc(OCC(=O)N(C)C)c1. The first-order valence-electron chi connectivity index (χ1n) is 6.90. The molecular formula is C15H23N3O3. The first-order valence-corrected chi connectivity index (χ1v) is 6.90. The molecule has 0 radical (unpaired) electrons. The highest BCUT2D eigenvalue weighted by atomic mass is 16.5. The van der Waals surface area contributed by atoms with Gasteiger partial charge in [-0.25, -0.2) is 0 Å². The van der Waals surface area contributed by atoms with Crippen LogP contribution < -0.4 is 15.4 Å². The Hall–Kier alpha value is -2.08. The van der Waals surface area contributed by atoms with Crippen LogP contribution in [0.15, 0.2) is 24.3 Å². The number of nitrogens with zero attached hydrogens (tertiary/aromatic N) is 1. The topological polar surface area (TPSA) is 70.7 Å². The number of likely N-dealkylation sites (N-methyl/N-ethyl adjacent to an activating group) is 1. The van der Waals surface area contributed by atoms with E-state index in [0.29, 0.717) is 17.9 Å². The summed E-state index contributed by atoms with van der Waals surface area (Å²) in [5.74, 6) is 0.404. The van der Waals surface area contributed by atoms with Gasteiger partial charge in [-0.15, -0.1) is 0 Å². The molecule has 0 atom stereocenters. The Morgan fingerprint density at radius 3 is 2.71 bits per heavy atom. The molecule has 21 heavy (non-hydrogen) atoms. The van der Waals surface area contributed by atoms with Gasteiger partial charge in [0.05, 0.1) is 0 Å². The van der Waals surface area contributed by atoms with Crippen LogP contribution in [-0.2, 0) is 9.59 Å². The summed E-state index contributed by atoms with van der Waals surface area (Å²) in [6.07, 6.45) is 1.25. The van der Waals surface area contributed by atoms with Crippen LogP contribution in [0.25, 0.3) is 0 Å². The van der Waals surface area contributed by atoms with Gasteiger partial charge in [-0.2, -0.15) is 0 Å². The van der Waals surface area contributed by atoms with Gasteiger partial charge in [-0.05, 0) is 32.1 Å². The number of nitrogens with one attached hydrogen (secondary N) is 2. The van der Waals surface area contributed by atoms with Crippen molar-refractivity contribution < 1.29 is 14.3 Å². The number of hydrogen-bond donors (Lipinski definition) is 2. The number of hydrogen-bond acceptors (Lipinski definition) is 4. The summed E-state index contributed by atoms with van der Waals surface area (Å²) in [6, 6.07) is 7.02. The van der Waals surface area contributed by atoms with Crippen LogP contribution in [-0.4, -0.2) is 51.0 Å². The maximum atomic E-state index is 11.7. The molecule has 1 aromatic carbocycles. The molecule has 0 saturated carbocycles. The van der Waals surface area contributed by atoms with Crippen molar-refractivity contribution in [2.75, 3.05) is 39.6 Å². The van der Waals surface area contributed by atoms with Crippen molar-refractivity contribution in [2.24, 2.45) is 0 Å². The molecule has 1 aromatic rings. The zero-order valence-electron chi connectivity index (χ0n) is 12.8. The van der Waals surface area contributed by atoms with Gasteiger partial charge in [0.1, 0.15) is 5.75 Å². The minimum atomic E-state index is -0.114. The van der Waals surface area contributed by atoms with Crippen molar-refractivity contribution in [1.29, 1.82) is 0 Å². The molecule has 2 N–H and O–H groups in total. The monoisotopic (exact) mass is 293 g/mol. The van der Waals surface area contributed by atoms with Gasteiger partial charge in [0.15, 0.2) is 6.61 Å². The van der Waals surface area contributed by atoms with Crippen molar-refractivity contribution in [2.45, 2.75) is 12.8 Å². The highest BCUT2D eigenvalue weighted by molar-refractivity contribution is 5.90. The minimum Gasteiger partial charge on any atom is -0.484 e. The number of ether oxygens (including phenoxy) is 1. The van der Waals surface area contributed by atoms with E-state index >= 15 is 0 Å². The molecule has 0 heterocycles. The fraction of sp³-hybridized carbons (Fsp3) is 0.467. The van der Waals surface area contributed by atoms with E-state index in [9.17, 15) is 9.59 Å². The smallest absolute Gasteiger partial charge is 0.259 e. The third-order valence-electron chi connectivity index (χ3n) is 2.81. The van der Waals surface area contributed by atoms with Crippen LogP contribution in [0.3, 0.4) is 0 Å². The number of rotatable bonds is 8. The van der Waals surface area contributed by atoms with E-state index in [1.165, 1.54) is 4.90 Å². The lowest BCUT2D eigenvalue weighted by Gasteiger charge is -2.12. The number of carbonyl (C=O) groups excluding carboxylic acids is 2. The van der Waals surface area contributed by atoms with Crippen molar-refractivity contribution in [3.63, 3.8) is 0 Å². The summed E-state index contributed by atoms with van der Waals surface area (Å²) in [6.45, 7) is 0.787. The molecule has 0 aromatic heterocycles. The fourth-order valence-corrected chi connectivity index (χ4v) is 1.59. The van der Waals surface area contributed by atoms with Crippen molar-refractivity contribution in [1.82, 2.24) is 10.2 Å². The maximum absolute atomic E-state index is 11.7. The number of carbonyl (C=O) groups is 2. The zero-order chi connectivity index (χ0) is 15.7. The first kappa shape index (κ1) is 17.0. The Kier molecular flexibility index (Phi) is 7.25. The lowest BCUT2D eigenvalue weighted by molar-refractivity contribution is -0.130. The molecule has 0 spiro atoms. The highest BCUT2D eigenvalue weighted by Gasteiger charge is 2.06. The molecule has 0 aliphatic carbocycles. The number of benzene rings is 1. The standard InChI is InChI=1S/C15H23N3O3/c1-16-9-5-8-14(19)17-12-6-4-7-13(10-12)21-11-15(20)18(2)3/h4,6-7,10,16H,5,8-9,11H2,1-3H3,(H,17,19). The molecule has 6 heteroatoms. The summed E-state index contributed by atoms with van der Waals surface area (Å²) >= 11 is 0. The van der Waals surface area contributed by atoms with Crippen LogP contribution in [0, 0.1) is 0 Å². The Bertz CT molecular complexity index is 475. The predicted molar refractivity (Wildman–Crippen MR) is 82.4 cm³/mol. The molecule has 0 aliphatic rings. The van der Waals surface area contributed by atoms with Gasteiger partial charge in [0.25, 0.3) is 5.91 Å². The summed E-state index contributed by atoms with van der Waals surface area (Å²) in [4.78, 5) is 24.6. The van der Waals surface area contributed by atoms with Crippen LogP contribution in [0.4, 0.5) is 5.69 Å². The molecule has 0 aliphatic heterocycles. The normalized spacial score (nSPS) is 10.0. The fourth-order valence-electron chi connectivity index (χ4n) is 1.59. The molecule has 2 amide bonds. The predicted octanol–water partition coefficient (Wildman–Crippen LogP) is 1.09. The van der Waals surface area contributed by atoms with Crippen molar-refractivity contribution in [3.8, 4) is 5.75 Å². The lowest BCUT2D eigenvalue weighted by atomic mass is 10.2. The number of anilines is 1. The van der Waals surface area contributed by atoms with Crippen molar-refractivity contribution >= 4 is 17.5 Å². The molecule has 0 saturated heterocycles. The quantitative estimate of drug-likeness (QED) is 0.704. The van der Waals surface area contributed by atoms with Gasteiger partial charge in [-0.3, -0.25) is 9.59 Å². The van der Waals surface area contributed by atoms with Crippen LogP contribution in [0.5, 0.6) is 5.75 Å². The molecule has 0 bridgehead atoms. The second-order valence-electron chi connectivity index (χ2n) is 4.86. The Morgan fingerprint density at radius 2 is 2.05 bits per heavy atom. The van der Waals surface area contributed by atoms with Crippen LogP contribution in [0.1, 0.15) is 12.8 Å². The van der Waals surface area contributed by atoms with E-state index < -0.39 is 0 Å². The van der Waals surface area contributed by atoms with Gasteiger partial charge in [0, 0.05) is 32.3 Å². The van der Waals surface area contributed by atoms with E-state index in [2.05, 4.69) is 10.6 Å². The first-order chi connectivity index (χ1) is 10.0. The van der Waals surface area contributed by atoms with Crippen LogP contribution >= 0.6 is 0 Å². The Balaban J connectivity index is 2.48. The molecular weight excluding hydrogens is 270 g/mol. The van der Waals surface area contributed by atoms with Crippen molar-refractivity contribution in [3.05, 3.63) is 24.3 Å². The third-order valence-corrected chi connectivity index (χ3v) is 2.81. The largest absolute Gasteiger partial charge is 0.484 e. The Morgan fingerprint density at radius 1 is 1.29 bits per heavy atom. The molecule has 0 unspecified atom stereocenters. The average Bonchev–Trinajstić information content (AvgIpc) is 2.45. The molecule has 0 fully saturated rings. The number of amides is 2. The van der Waals surface area contributed by atoms with E-state index in [4.69, 9.17) is 4.74 Å². The Labute approximate surface area is 125 Å². The van der Waals surface area contributed by atoms with E-state index in [1.807, 2.05) is 7.05 Å². The average molecular weight is 293 g/mol. The summed E-state index contributed by atoms with van der Waals surface area (Å²) < 4.78 is 5.40. The molecule has 1 rings (SSSR count). The van der Waals surface area contributed by atoms with Gasteiger partial charge in [0.2, 0.25) is 5.91 Å². The molecule has 116 valence electrons. The van der Waals surface area contributed by atoms with E-state index in [0.717, 1.165) is 13.0 Å². The third kappa shape index (κ3) is 6.76. The summed E-state index contributed by atoms with van der Waals surface area (Å²) in [7, 11) is 5.20. The van der Waals surface area contributed by atoms with Gasteiger partial charge >= 0.3 is 0 Å². The van der Waals surface area contributed by atoms with Crippen LogP contribution in [0.2, 0.25) is 0 Å². The zero-order valence-corrected chi connectivity index (χ0v) is 12.8. The maximum Gasteiger partial charge on any atom is 0.259 e. The molecule has 6 nitrogen and oxygen atoms in total. The van der Waals surface area contributed by atoms with E-state index in [1.54, 1.807) is 38.4 Å².